The van der Waals surface area contributed by atoms with Gasteiger partial charge >= 0.3 is 0 Å². The van der Waals surface area contributed by atoms with Crippen molar-refractivity contribution in [2.45, 2.75) is 19.4 Å². The predicted octanol–water partition coefficient (Wildman–Crippen LogP) is -1.06. The van der Waals surface area contributed by atoms with Gasteiger partial charge in [-0.25, -0.2) is 0 Å². The van der Waals surface area contributed by atoms with E-state index in [1.54, 1.807) is 4.90 Å². The number of hydrogen-bond acceptors (Lipinski definition) is 3. The van der Waals surface area contributed by atoms with Gasteiger partial charge in [0.1, 0.15) is 0 Å². The number of hydrogen-bond donors (Lipinski definition) is 2. The smallest absolute Gasteiger partial charge is 0.240 e. The number of rotatable bonds is 1. The molecule has 2 N–H and O–H groups in total. The lowest BCUT2D eigenvalue weighted by atomic mass is 10.1. The lowest BCUT2D eigenvalue weighted by molar-refractivity contribution is -0.139. The van der Waals surface area contributed by atoms with Gasteiger partial charge in [0.15, 0.2) is 0 Å². The topological polar surface area (TPSA) is 61.4 Å². The van der Waals surface area contributed by atoms with E-state index in [4.69, 9.17) is 0 Å². The number of nitrogens with zero attached hydrogens (tertiary/aromatic N) is 1. The molecule has 2 saturated heterocycles. The van der Waals surface area contributed by atoms with E-state index in [2.05, 4.69) is 17.6 Å². The van der Waals surface area contributed by atoms with Gasteiger partial charge in [-0.05, 0) is 18.9 Å². The van der Waals surface area contributed by atoms with Crippen LogP contribution >= 0.6 is 0 Å². The number of carbonyl (C=O) groups excluding carboxylic acids is 2. The zero-order chi connectivity index (χ0) is 10.8. The number of amides is 2. The highest BCUT2D eigenvalue weighted by Gasteiger charge is 2.32. The SMILES string of the molecule is CC1CN[C@H](C(=O)N2CCNC(=O)C2)C1. The standard InChI is InChI=1S/C10H17N3O2/c1-7-4-8(12-5-7)10(15)13-3-2-11-9(14)6-13/h7-8,12H,2-6H2,1H3,(H,11,14)/t7?,8-/m0/s1. The molecular formula is C10H17N3O2. The van der Waals surface area contributed by atoms with Gasteiger partial charge in [0.2, 0.25) is 11.8 Å². The van der Waals surface area contributed by atoms with Crippen LogP contribution in [0.4, 0.5) is 0 Å². The van der Waals surface area contributed by atoms with E-state index in [0.29, 0.717) is 19.0 Å². The Labute approximate surface area is 89.2 Å². The molecular weight excluding hydrogens is 194 g/mol. The fourth-order valence-electron chi connectivity index (χ4n) is 2.15. The first-order chi connectivity index (χ1) is 7.16. The van der Waals surface area contributed by atoms with Crippen LogP contribution in [0, 0.1) is 5.92 Å². The summed E-state index contributed by atoms with van der Waals surface area (Å²) in [6.07, 6.45) is 0.886. The van der Waals surface area contributed by atoms with Gasteiger partial charge in [-0.3, -0.25) is 9.59 Å². The molecule has 0 spiro atoms. The first-order valence-corrected chi connectivity index (χ1v) is 5.45. The van der Waals surface area contributed by atoms with Gasteiger partial charge in [-0.15, -0.1) is 0 Å². The van der Waals surface area contributed by atoms with E-state index in [1.807, 2.05) is 0 Å². The molecule has 2 fully saturated rings. The van der Waals surface area contributed by atoms with Crippen molar-refractivity contribution >= 4 is 11.8 Å². The van der Waals surface area contributed by atoms with E-state index in [9.17, 15) is 9.59 Å². The molecule has 5 nitrogen and oxygen atoms in total. The molecule has 0 bridgehead atoms. The van der Waals surface area contributed by atoms with E-state index < -0.39 is 0 Å². The van der Waals surface area contributed by atoms with Crippen LogP contribution in [0.2, 0.25) is 0 Å². The van der Waals surface area contributed by atoms with Crippen molar-refractivity contribution in [3.05, 3.63) is 0 Å². The summed E-state index contributed by atoms with van der Waals surface area (Å²) in [6.45, 7) is 4.45. The number of piperazine rings is 1. The lowest BCUT2D eigenvalue weighted by Crippen LogP contribution is -2.54. The molecule has 2 aliphatic rings. The largest absolute Gasteiger partial charge is 0.353 e. The second-order valence-corrected chi connectivity index (χ2v) is 4.41. The summed E-state index contributed by atoms with van der Waals surface area (Å²) < 4.78 is 0. The molecule has 0 saturated carbocycles. The van der Waals surface area contributed by atoms with Crippen LogP contribution in [0.15, 0.2) is 0 Å². The minimum atomic E-state index is -0.0779. The number of carbonyl (C=O) groups is 2. The van der Waals surface area contributed by atoms with Crippen molar-refractivity contribution in [2.75, 3.05) is 26.2 Å². The fourth-order valence-corrected chi connectivity index (χ4v) is 2.15. The molecule has 0 radical (unpaired) electrons. The molecule has 2 aliphatic heterocycles. The monoisotopic (exact) mass is 211 g/mol. The maximum atomic E-state index is 12.0. The third-order valence-corrected chi connectivity index (χ3v) is 3.00. The minimum Gasteiger partial charge on any atom is -0.353 e. The zero-order valence-corrected chi connectivity index (χ0v) is 8.95. The van der Waals surface area contributed by atoms with E-state index in [0.717, 1.165) is 13.0 Å². The number of nitrogens with one attached hydrogen (secondary N) is 2. The highest BCUT2D eigenvalue weighted by molar-refractivity contribution is 5.88. The maximum Gasteiger partial charge on any atom is 0.240 e. The van der Waals surface area contributed by atoms with Crippen molar-refractivity contribution in [1.29, 1.82) is 0 Å². The third-order valence-electron chi connectivity index (χ3n) is 3.00. The normalized spacial score (nSPS) is 31.5. The van der Waals surface area contributed by atoms with Crippen molar-refractivity contribution in [1.82, 2.24) is 15.5 Å². The molecule has 84 valence electrons. The van der Waals surface area contributed by atoms with Crippen LogP contribution in [0.5, 0.6) is 0 Å². The molecule has 0 aromatic carbocycles. The molecule has 2 rings (SSSR count). The Hall–Kier alpha value is -1.10. The first-order valence-electron chi connectivity index (χ1n) is 5.45. The Morgan fingerprint density at radius 2 is 2.33 bits per heavy atom. The van der Waals surface area contributed by atoms with Gasteiger partial charge in [0, 0.05) is 13.1 Å². The summed E-state index contributed by atoms with van der Waals surface area (Å²) in [4.78, 5) is 24.8. The fraction of sp³-hybridized carbons (Fsp3) is 0.800. The van der Waals surface area contributed by atoms with Crippen molar-refractivity contribution in [2.24, 2.45) is 5.92 Å². The summed E-state index contributed by atoms with van der Waals surface area (Å²) in [5.41, 5.74) is 0. The van der Waals surface area contributed by atoms with Crippen LogP contribution in [0.25, 0.3) is 0 Å². The highest BCUT2D eigenvalue weighted by atomic mass is 16.2. The Balaban J connectivity index is 1.92. The van der Waals surface area contributed by atoms with Gasteiger partial charge in [-0.2, -0.15) is 0 Å². The van der Waals surface area contributed by atoms with Crippen molar-refractivity contribution < 1.29 is 9.59 Å². The Morgan fingerprint density at radius 1 is 1.53 bits per heavy atom. The maximum absolute atomic E-state index is 12.0. The molecule has 0 aromatic rings. The molecule has 0 aromatic heterocycles. The van der Waals surface area contributed by atoms with Crippen molar-refractivity contribution in [3.63, 3.8) is 0 Å². The van der Waals surface area contributed by atoms with Gasteiger partial charge in [-0.1, -0.05) is 6.92 Å². The molecule has 1 unspecified atom stereocenters. The summed E-state index contributed by atoms with van der Waals surface area (Å²) in [7, 11) is 0. The summed E-state index contributed by atoms with van der Waals surface area (Å²) in [6, 6.07) is -0.0779. The zero-order valence-electron chi connectivity index (χ0n) is 8.95. The third kappa shape index (κ3) is 2.28. The summed E-state index contributed by atoms with van der Waals surface area (Å²) >= 11 is 0. The molecule has 5 heteroatoms. The van der Waals surface area contributed by atoms with Crippen LogP contribution in [0.1, 0.15) is 13.3 Å². The van der Waals surface area contributed by atoms with Crippen LogP contribution < -0.4 is 10.6 Å². The van der Waals surface area contributed by atoms with Gasteiger partial charge < -0.3 is 15.5 Å². The summed E-state index contributed by atoms with van der Waals surface area (Å²) in [5, 5.41) is 5.91. The van der Waals surface area contributed by atoms with Crippen LogP contribution in [-0.2, 0) is 9.59 Å². The molecule has 15 heavy (non-hydrogen) atoms. The molecule has 2 amide bonds. The Kier molecular flexibility index (Phi) is 2.90. The van der Waals surface area contributed by atoms with Crippen molar-refractivity contribution in [3.8, 4) is 0 Å². The predicted molar refractivity (Wildman–Crippen MR) is 55.2 cm³/mol. The molecule has 2 heterocycles. The lowest BCUT2D eigenvalue weighted by Gasteiger charge is -2.28. The first kappa shape index (κ1) is 10.4. The molecule has 2 atom stereocenters. The Bertz CT molecular complexity index is 280. The van der Waals surface area contributed by atoms with E-state index in [-0.39, 0.29) is 24.4 Å². The quantitative estimate of drug-likeness (QED) is 0.581. The van der Waals surface area contributed by atoms with Gasteiger partial charge in [0.25, 0.3) is 0 Å². The van der Waals surface area contributed by atoms with Gasteiger partial charge in [0.05, 0.1) is 12.6 Å². The highest BCUT2D eigenvalue weighted by Crippen LogP contribution is 2.15. The minimum absolute atomic E-state index is 0.0550. The average Bonchev–Trinajstić information content (AvgIpc) is 2.64. The second-order valence-electron chi connectivity index (χ2n) is 4.41. The van der Waals surface area contributed by atoms with Crippen LogP contribution in [0.3, 0.4) is 0 Å². The van der Waals surface area contributed by atoms with Crippen LogP contribution in [-0.4, -0.2) is 48.9 Å². The second kappa shape index (κ2) is 4.18. The average molecular weight is 211 g/mol. The molecule has 0 aliphatic carbocycles. The van der Waals surface area contributed by atoms with E-state index >= 15 is 0 Å². The van der Waals surface area contributed by atoms with E-state index in [1.165, 1.54) is 0 Å². The summed E-state index contributed by atoms with van der Waals surface area (Å²) in [5.74, 6) is 0.576. The Morgan fingerprint density at radius 3 is 2.93 bits per heavy atom.